The summed E-state index contributed by atoms with van der Waals surface area (Å²) in [6, 6.07) is 0. The lowest BCUT2D eigenvalue weighted by atomic mass is 9.71. The van der Waals surface area contributed by atoms with E-state index < -0.39 is 0 Å². The molecule has 20 heavy (non-hydrogen) atoms. The predicted molar refractivity (Wildman–Crippen MR) is 83.4 cm³/mol. The lowest BCUT2D eigenvalue weighted by Gasteiger charge is -2.38. The van der Waals surface area contributed by atoms with E-state index in [-0.39, 0.29) is 12.1 Å². The number of hydrogen-bond donors (Lipinski definition) is 1. The molecule has 1 saturated carbocycles. The Kier molecular flexibility index (Phi) is 7.01. The van der Waals surface area contributed by atoms with Crippen LogP contribution in [0.15, 0.2) is 0 Å². The number of carbonyl (C=O) groups excluding carboxylic acids is 1. The normalized spacial score (nSPS) is 27.1. The Labute approximate surface area is 124 Å². The van der Waals surface area contributed by atoms with Gasteiger partial charge in [-0.15, -0.1) is 0 Å². The molecular formula is C17H33NO2. The molecular weight excluding hydrogens is 250 g/mol. The molecule has 3 unspecified atom stereocenters. The van der Waals surface area contributed by atoms with Crippen molar-refractivity contribution in [2.45, 2.75) is 78.7 Å². The highest BCUT2D eigenvalue weighted by Crippen LogP contribution is 2.39. The van der Waals surface area contributed by atoms with E-state index in [4.69, 9.17) is 10.5 Å². The van der Waals surface area contributed by atoms with Gasteiger partial charge in [0.1, 0.15) is 6.10 Å². The van der Waals surface area contributed by atoms with Crippen molar-refractivity contribution in [3.05, 3.63) is 0 Å². The Bertz CT molecular complexity index is 301. The molecule has 3 nitrogen and oxygen atoms in total. The SMILES string of the molecule is CCC(CCN)CCC(=O)OC1CC(C)CC(C)(C)C1. The molecule has 0 spiro atoms. The minimum atomic E-state index is -0.0182. The van der Waals surface area contributed by atoms with Gasteiger partial charge in [0.05, 0.1) is 0 Å². The zero-order chi connectivity index (χ0) is 15.2. The lowest BCUT2D eigenvalue weighted by molar-refractivity contribution is -0.153. The molecule has 0 bridgehead atoms. The molecule has 2 N–H and O–H groups in total. The molecule has 118 valence electrons. The Balaban J connectivity index is 2.34. The average molecular weight is 283 g/mol. The van der Waals surface area contributed by atoms with Crippen molar-refractivity contribution < 1.29 is 9.53 Å². The van der Waals surface area contributed by atoms with Gasteiger partial charge in [-0.2, -0.15) is 0 Å². The standard InChI is InChI=1S/C17H33NO2/c1-5-14(8-9-18)6-7-16(19)20-15-10-13(2)11-17(3,4)12-15/h13-15H,5-12,18H2,1-4H3. The van der Waals surface area contributed by atoms with Crippen molar-refractivity contribution in [2.24, 2.45) is 23.0 Å². The minimum Gasteiger partial charge on any atom is -0.462 e. The molecule has 0 aromatic heterocycles. The molecule has 1 fully saturated rings. The predicted octanol–water partition coefficient (Wildman–Crippen LogP) is 3.90. The Morgan fingerprint density at radius 2 is 2.05 bits per heavy atom. The Morgan fingerprint density at radius 3 is 2.60 bits per heavy atom. The summed E-state index contributed by atoms with van der Waals surface area (Å²) in [5.74, 6) is 1.20. The van der Waals surface area contributed by atoms with Crippen LogP contribution in [0, 0.1) is 17.3 Å². The fraction of sp³-hybridized carbons (Fsp3) is 0.941. The second kappa shape index (κ2) is 8.02. The molecule has 0 heterocycles. The molecule has 1 rings (SSSR count). The molecule has 0 aromatic rings. The molecule has 0 aliphatic heterocycles. The van der Waals surface area contributed by atoms with Crippen LogP contribution >= 0.6 is 0 Å². The average Bonchev–Trinajstić information content (AvgIpc) is 2.31. The number of rotatable bonds is 7. The monoisotopic (exact) mass is 283 g/mol. The molecule has 0 aromatic carbocycles. The van der Waals surface area contributed by atoms with Crippen LogP contribution in [0.1, 0.15) is 72.6 Å². The van der Waals surface area contributed by atoms with Crippen LogP contribution in [0.5, 0.6) is 0 Å². The van der Waals surface area contributed by atoms with Crippen LogP contribution < -0.4 is 5.73 Å². The van der Waals surface area contributed by atoms with Gasteiger partial charge in [-0.1, -0.05) is 34.1 Å². The van der Waals surface area contributed by atoms with E-state index in [1.54, 1.807) is 0 Å². The molecule has 0 saturated heterocycles. The molecule has 1 aliphatic carbocycles. The number of hydrogen-bond acceptors (Lipinski definition) is 3. The molecule has 3 atom stereocenters. The second-order valence-electron chi connectivity index (χ2n) is 7.42. The summed E-state index contributed by atoms with van der Waals surface area (Å²) >= 11 is 0. The van der Waals surface area contributed by atoms with Crippen LogP contribution in [0.4, 0.5) is 0 Å². The number of carbonyl (C=O) groups is 1. The van der Waals surface area contributed by atoms with Gasteiger partial charge in [0, 0.05) is 6.42 Å². The van der Waals surface area contributed by atoms with Crippen molar-refractivity contribution in [3.8, 4) is 0 Å². The first-order valence-electron chi connectivity index (χ1n) is 8.26. The Hall–Kier alpha value is -0.570. The van der Waals surface area contributed by atoms with Gasteiger partial charge in [-0.3, -0.25) is 4.79 Å². The minimum absolute atomic E-state index is 0.0182. The van der Waals surface area contributed by atoms with Crippen molar-refractivity contribution in [1.82, 2.24) is 0 Å². The maximum absolute atomic E-state index is 12.0. The number of nitrogens with two attached hydrogens (primary N) is 1. The highest BCUT2D eigenvalue weighted by molar-refractivity contribution is 5.69. The quantitative estimate of drug-likeness (QED) is 0.721. The summed E-state index contributed by atoms with van der Waals surface area (Å²) in [5.41, 5.74) is 5.89. The summed E-state index contributed by atoms with van der Waals surface area (Å²) < 4.78 is 5.70. The van der Waals surface area contributed by atoms with E-state index in [9.17, 15) is 4.79 Å². The molecule has 3 heteroatoms. The van der Waals surface area contributed by atoms with Gasteiger partial charge in [0.15, 0.2) is 0 Å². The first-order chi connectivity index (χ1) is 9.36. The molecule has 0 amide bonds. The zero-order valence-electron chi connectivity index (χ0n) is 13.8. The fourth-order valence-corrected chi connectivity index (χ4v) is 3.70. The van der Waals surface area contributed by atoms with Crippen LogP contribution in [0.3, 0.4) is 0 Å². The van der Waals surface area contributed by atoms with Gasteiger partial charge < -0.3 is 10.5 Å². The smallest absolute Gasteiger partial charge is 0.306 e. The third kappa shape index (κ3) is 6.25. The van der Waals surface area contributed by atoms with E-state index >= 15 is 0 Å². The highest BCUT2D eigenvalue weighted by Gasteiger charge is 2.33. The van der Waals surface area contributed by atoms with Gasteiger partial charge in [-0.25, -0.2) is 0 Å². The topological polar surface area (TPSA) is 52.3 Å². The van der Waals surface area contributed by atoms with Crippen LogP contribution in [0.2, 0.25) is 0 Å². The highest BCUT2D eigenvalue weighted by atomic mass is 16.5. The molecule has 0 radical (unpaired) electrons. The summed E-state index contributed by atoms with van der Waals surface area (Å²) in [6.07, 6.45) is 6.95. The van der Waals surface area contributed by atoms with Crippen molar-refractivity contribution in [3.63, 3.8) is 0 Å². The van der Waals surface area contributed by atoms with Crippen molar-refractivity contribution >= 4 is 5.97 Å². The largest absolute Gasteiger partial charge is 0.462 e. The number of ether oxygens (including phenoxy) is 1. The summed E-state index contributed by atoms with van der Waals surface area (Å²) in [6.45, 7) is 9.69. The first kappa shape index (κ1) is 17.5. The summed E-state index contributed by atoms with van der Waals surface area (Å²) in [4.78, 5) is 12.0. The van der Waals surface area contributed by atoms with Crippen molar-refractivity contribution in [1.29, 1.82) is 0 Å². The van der Waals surface area contributed by atoms with Crippen LogP contribution in [-0.2, 0) is 9.53 Å². The lowest BCUT2D eigenvalue weighted by Crippen LogP contribution is -2.34. The van der Waals surface area contributed by atoms with E-state index in [0.717, 1.165) is 32.1 Å². The summed E-state index contributed by atoms with van der Waals surface area (Å²) in [7, 11) is 0. The third-order valence-corrected chi connectivity index (χ3v) is 4.55. The van der Waals surface area contributed by atoms with Gasteiger partial charge in [-0.05, 0) is 55.9 Å². The van der Waals surface area contributed by atoms with Gasteiger partial charge in [0.2, 0.25) is 0 Å². The Morgan fingerprint density at radius 1 is 1.35 bits per heavy atom. The maximum atomic E-state index is 12.0. The fourth-order valence-electron chi connectivity index (χ4n) is 3.70. The third-order valence-electron chi connectivity index (χ3n) is 4.55. The van der Waals surface area contributed by atoms with E-state index in [1.165, 1.54) is 6.42 Å². The summed E-state index contributed by atoms with van der Waals surface area (Å²) in [5, 5.41) is 0. The van der Waals surface area contributed by atoms with Crippen LogP contribution in [0.25, 0.3) is 0 Å². The van der Waals surface area contributed by atoms with Crippen molar-refractivity contribution in [2.75, 3.05) is 6.54 Å². The van der Waals surface area contributed by atoms with E-state index in [0.29, 0.717) is 30.2 Å². The van der Waals surface area contributed by atoms with Gasteiger partial charge >= 0.3 is 5.97 Å². The second-order valence-corrected chi connectivity index (χ2v) is 7.42. The molecule has 1 aliphatic rings. The van der Waals surface area contributed by atoms with E-state index in [2.05, 4.69) is 27.7 Å². The zero-order valence-corrected chi connectivity index (χ0v) is 13.8. The van der Waals surface area contributed by atoms with E-state index in [1.807, 2.05) is 0 Å². The number of esters is 1. The first-order valence-corrected chi connectivity index (χ1v) is 8.26. The van der Waals surface area contributed by atoms with Gasteiger partial charge in [0.25, 0.3) is 0 Å². The maximum Gasteiger partial charge on any atom is 0.306 e. The van der Waals surface area contributed by atoms with Crippen LogP contribution in [-0.4, -0.2) is 18.6 Å².